The predicted molar refractivity (Wildman–Crippen MR) is 145 cm³/mol. The molecule has 0 aliphatic carbocycles. The Hall–Kier alpha value is -4.34. The molecule has 0 radical (unpaired) electrons. The average molecular weight is 538 g/mol. The van der Waals surface area contributed by atoms with E-state index < -0.39 is 41.6 Å². The summed E-state index contributed by atoms with van der Waals surface area (Å²) in [7, 11) is 1.22. The molecule has 0 unspecified atom stereocenters. The van der Waals surface area contributed by atoms with Crippen LogP contribution in [0.2, 0.25) is 0 Å². The molecule has 2 amide bonds. The molecule has 0 aliphatic rings. The number of H-pyrrole nitrogens is 1. The van der Waals surface area contributed by atoms with E-state index in [1.807, 2.05) is 54.6 Å². The van der Waals surface area contributed by atoms with Crippen molar-refractivity contribution in [3.05, 3.63) is 71.4 Å². The number of alkyl carbamates (subject to hydrolysis) is 1. The molecule has 3 rings (SSSR count). The SMILES string of the molecule is COC(=O)[C@H](C)NC(=O)[C@H](Cc1c(CC(=O)OCc2ccccc2)[nH]c2ccccc12)NC(=O)OC(C)(C)C. The van der Waals surface area contributed by atoms with Gasteiger partial charge in [-0.2, -0.15) is 0 Å². The molecule has 10 heteroatoms. The number of fused-ring (bicyclic) bond motifs is 1. The fourth-order valence-corrected chi connectivity index (χ4v) is 3.99. The zero-order chi connectivity index (χ0) is 28.6. The van der Waals surface area contributed by atoms with Crippen molar-refractivity contribution in [2.24, 2.45) is 0 Å². The Morgan fingerprint density at radius 3 is 2.28 bits per heavy atom. The van der Waals surface area contributed by atoms with Gasteiger partial charge in [0.15, 0.2) is 0 Å². The predicted octanol–water partition coefficient (Wildman–Crippen LogP) is 3.57. The second-order valence-electron chi connectivity index (χ2n) is 10.1. The summed E-state index contributed by atoms with van der Waals surface area (Å²) in [5, 5.41) is 5.97. The highest BCUT2D eigenvalue weighted by Crippen LogP contribution is 2.25. The molecule has 0 aliphatic heterocycles. The number of methoxy groups -OCH3 is 1. The van der Waals surface area contributed by atoms with Crippen molar-refractivity contribution in [1.29, 1.82) is 0 Å². The molecule has 1 heterocycles. The molecule has 0 saturated carbocycles. The molecule has 2 atom stereocenters. The first-order valence-corrected chi connectivity index (χ1v) is 12.6. The number of carbonyl (C=O) groups is 4. The number of ether oxygens (including phenoxy) is 3. The van der Waals surface area contributed by atoms with E-state index in [4.69, 9.17) is 14.2 Å². The number of carbonyl (C=O) groups excluding carboxylic acids is 4. The lowest BCUT2D eigenvalue weighted by molar-refractivity contribution is -0.145. The Bertz CT molecular complexity index is 1310. The molecule has 39 heavy (non-hydrogen) atoms. The largest absolute Gasteiger partial charge is 0.467 e. The molecular weight excluding hydrogens is 502 g/mol. The van der Waals surface area contributed by atoms with Crippen LogP contribution in [-0.4, -0.2) is 53.7 Å². The van der Waals surface area contributed by atoms with E-state index in [0.29, 0.717) is 11.3 Å². The van der Waals surface area contributed by atoms with Crippen molar-refractivity contribution in [1.82, 2.24) is 15.6 Å². The number of hydrogen-bond donors (Lipinski definition) is 3. The molecule has 1 aromatic heterocycles. The van der Waals surface area contributed by atoms with E-state index in [0.717, 1.165) is 16.5 Å². The summed E-state index contributed by atoms with van der Waals surface area (Å²) in [6, 6.07) is 14.7. The molecule has 0 fully saturated rings. The van der Waals surface area contributed by atoms with Crippen LogP contribution in [0, 0.1) is 0 Å². The van der Waals surface area contributed by atoms with Gasteiger partial charge in [-0.1, -0.05) is 48.5 Å². The van der Waals surface area contributed by atoms with E-state index in [1.54, 1.807) is 20.8 Å². The van der Waals surface area contributed by atoms with Crippen molar-refractivity contribution in [2.45, 2.75) is 64.8 Å². The van der Waals surface area contributed by atoms with Crippen LogP contribution in [0.25, 0.3) is 10.9 Å². The van der Waals surface area contributed by atoms with Crippen molar-refractivity contribution in [3.8, 4) is 0 Å². The standard InChI is InChI=1S/C29H35N3O7/c1-18(27(35)37-5)30-26(34)24(32-28(36)39-29(2,3)4)15-21-20-13-9-10-14-22(20)31-23(21)16-25(33)38-17-19-11-7-6-8-12-19/h6-14,18,24,31H,15-17H2,1-5H3,(H,30,34)(H,32,36)/t18-,24-/m0/s1. The van der Waals surface area contributed by atoms with E-state index in [2.05, 4.69) is 15.6 Å². The van der Waals surface area contributed by atoms with Crippen LogP contribution in [0.4, 0.5) is 4.79 Å². The maximum atomic E-state index is 13.2. The Labute approximate surface area is 227 Å². The fourth-order valence-electron chi connectivity index (χ4n) is 3.99. The zero-order valence-electron chi connectivity index (χ0n) is 22.8. The third kappa shape index (κ3) is 8.59. The van der Waals surface area contributed by atoms with E-state index in [1.165, 1.54) is 14.0 Å². The van der Waals surface area contributed by atoms with Crippen LogP contribution in [0.15, 0.2) is 54.6 Å². The van der Waals surface area contributed by atoms with Crippen LogP contribution in [-0.2, 0) is 48.0 Å². The highest BCUT2D eigenvalue weighted by Gasteiger charge is 2.29. The van der Waals surface area contributed by atoms with Gasteiger partial charge in [-0.05, 0) is 44.9 Å². The maximum Gasteiger partial charge on any atom is 0.408 e. The van der Waals surface area contributed by atoms with Gasteiger partial charge in [0.25, 0.3) is 0 Å². The first-order chi connectivity index (χ1) is 18.5. The fraction of sp³-hybridized carbons (Fsp3) is 0.379. The number of hydrogen-bond acceptors (Lipinski definition) is 7. The van der Waals surface area contributed by atoms with Gasteiger partial charge in [-0.15, -0.1) is 0 Å². The summed E-state index contributed by atoms with van der Waals surface area (Å²) in [6.07, 6.45) is -0.850. The van der Waals surface area contributed by atoms with Crippen LogP contribution < -0.4 is 10.6 Å². The van der Waals surface area contributed by atoms with Crippen molar-refractivity contribution < 1.29 is 33.4 Å². The second kappa shape index (κ2) is 12.9. The van der Waals surface area contributed by atoms with Crippen LogP contribution >= 0.6 is 0 Å². The highest BCUT2D eigenvalue weighted by atomic mass is 16.6. The number of para-hydroxylation sites is 1. The van der Waals surface area contributed by atoms with Gasteiger partial charge < -0.3 is 29.8 Å². The molecule has 2 aromatic carbocycles. The molecule has 0 saturated heterocycles. The van der Waals surface area contributed by atoms with Gasteiger partial charge in [0.1, 0.15) is 24.3 Å². The quantitative estimate of drug-likeness (QED) is 0.266. The van der Waals surface area contributed by atoms with Gasteiger partial charge >= 0.3 is 18.0 Å². The van der Waals surface area contributed by atoms with E-state index in [9.17, 15) is 19.2 Å². The molecule has 0 spiro atoms. The minimum atomic E-state index is -1.12. The van der Waals surface area contributed by atoms with E-state index >= 15 is 0 Å². The minimum absolute atomic E-state index is 0.0181. The van der Waals surface area contributed by atoms with Crippen LogP contribution in [0.3, 0.4) is 0 Å². The zero-order valence-corrected chi connectivity index (χ0v) is 22.8. The number of benzene rings is 2. The van der Waals surface area contributed by atoms with Crippen molar-refractivity contribution >= 4 is 34.8 Å². The summed E-state index contributed by atoms with van der Waals surface area (Å²) in [5.74, 6) is -1.69. The third-order valence-electron chi connectivity index (χ3n) is 5.79. The number of nitrogens with one attached hydrogen (secondary N) is 3. The van der Waals surface area contributed by atoms with Gasteiger partial charge in [0, 0.05) is 23.0 Å². The Morgan fingerprint density at radius 1 is 0.949 bits per heavy atom. The molecular formula is C29H35N3O7. The second-order valence-corrected chi connectivity index (χ2v) is 10.1. The Morgan fingerprint density at radius 2 is 1.62 bits per heavy atom. The van der Waals surface area contributed by atoms with Gasteiger partial charge in [0.05, 0.1) is 13.5 Å². The van der Waals surface area contributed by atoms with Gasteiger partial charge in [-0.25, -0.2) is 9.59 Å². The number of amides is 2. The van der Waals surface area contributed by atoms with Gasteiger partial charge in [-0.3, -0.25) is 9.59 Å². The Balaban J connectivity index is 1.87. The third-order valence-corrected chi connectivity index (χ3v) is 5.79. The number of aromatic amines is 1. The maximum absolute atomic E-state index is 13.2. The Kier molecular flexibility index (Phi) is 9.70. The van der Waals surface area contributed by atoms with Crippen molar-refractivity contribution in [3.63, 3.8) is 0 Å². The summed E-state index contributed by atoms with van der Waals surface area (Å²) in [6.45, 7) is 6.74. The summed E-state index contributed by atoms with van der Waals surface area (Å²) in [5.41, 5.74) is 2.04. The highest BCUT2D eigenvalue weighted by molar-refractivity contribution is 5.92. The monoisotopic (exact) mass is 537 g/mol. The number of esters is 2. The summed E-state index contributed by atoms with van der Waals surface area (Å²) in [4.78, 5) is 53.8. The summed E-state index contributed by atoms with van der Waals surface area (Å²) < 4.78 is 15.5. The first kappa shape index (κ1) is 29.2. The average Bonchev–Trinajstić information content (AvgIpc) is 3.22. The van der Waals surface area contributed by atoms with Crippen LogP contribution in [0.5, 0.6) is 0 Å². The lowest BCUT2D eigenvalue weighted by atomic mass is 10.00. The number of aromatic nitrogens is 1. The molecule has 10 nitrogen and oxygen atoms in total. The van der Waals surface area contributed by atoms with Gasteiger partial charge in [0.2, 0.25) is 5.91 Å². The summed E-state index contributed by atoms with van der Waals surface area (Å²) >= 11 is 0. The lowest BCUT2D eigenvalue weighted by Gasteiger charge is -2.24. The first-order valence-electron chi connectivity index (χ1n) is 12.6. The van der Waals surface area contributed by atoms with Crippen LogP contribution in [0.1, 0.15) is 44.5 Å². The molecule has 3 N–H and O–H groups in total. The normalized spacial score (nSPS) is 12.7. The molecule has 208 valence electrons. The number of rotatable bonds is 10. The smallest absolute Gasteiger partial charge is 0.408 e. The molecule has 0 bridgehead atoms. The minimum Gasteiger partial charge on any atom is -0.467 e. The molecule has 3 aromatic rings. The van der Waals surface area contributed by atoms with E-state index in [-0.39, 0.29) is 19.4 Å². The lowest BCUT2D eigenvalue weighted by Crippen LogP contribution is -2.52. The van der Waals surface area contributed by atoms with Crippen molar-refractivity contribution in [2.75, 3.05) is 7.11 Å². The topological polar surface area (TPSA) is 136 Å².